The molecule has 5 nitrogen and oxygen atoms in total. The summed E-state index contributed by atoms with van der Waals surface area (Å²) in [6, 6.07) is 4.28. The molecule has 1 aliphatic rings. The van der Waals surface area contributed by atoms with Gasteiger partial charge in [-0.25, -0.2) is 9.78 Å². The molecule has 1 saturated carbocycles. The van der Waals surface area contributed by atoms with E-state index in [-0.39, 0.29) is 6.03 Å². The number of carbonyl (C=O) groups excluding carboxylic acids is 1. The number of rotatable bonds is 6. The van der Waals surface area contributed by atoms with Gasteiger partial charge in [-0.05, 0) is 44.4 Å². The zero-order valence-electron chi connectivity index (χ0n) is 13.1. The van der Waals surface area contributed by atoms with Gasteiger partial charge >= 0.3 is 6.03 Å². The normalized spacial score (nSPS) is 15.0. The first-order chi connectivity index (χ1) is 10.2. The second-order valence-corrected chi connectivity index (χ2v) is 5.50. The van der Waals surface area contributed by atoms with Gasteiger partial charge < -0.3 is 15.5 Å². The van der Waals surface area contributed by atoms with E-state index in [1.165, 1.54) is 12.8 Å². The number of hydrogen-bond acceptors (Lipinski definition) is 3. The van der Waals surface area contributed by atoms with Gasteiger partial charge in [0.2, 0.25) is 0 Å². The van der Waals surface area contributed by atoms with Crippen LogP contribution in [0.15, 0.2) is 18.3 Å². The van der Waals surface area contributed by atoms with E-state index in [2.05, 4.69) is 34.4 Å². The van der Waals surface area contributed by atoms with Crippen LogP contribution < -0.4 is 15.5 Å². The maximum atomic E-state index is 11.9. The third-order valence-corrected chi connectivity index (χ3v) is 4.04. The largest absolute Gasteiger partial charge is 0.357 e. The molecule has 0 spiro atoms. The van der Waals surface area contributed by atoms with Crippen LogP contribution >= 0.6 is 0 Å². The second-order valence-electron chi connectivity index (χ2n) is 5.50. The third kappa shape index (κ3) is 4.62. The average molecular weight is 290 g/mol. The predicted molar refractivity (Wildman–Crippen MR) is 85.4 cm³/mol. The SMILES string of the molecule is CCN(CC)c1cc(CNC(=O)NC2CCCC2)ccn1. The van der Waals surface area contributed by atoms with Crippen LogP contribution in [-0.2, 0) is 6.54 Å². The van der Waals surface area contributed by atoms with Crippen LogP contribution in [0.25, 0.3) is 0 Å². The van der Waals surface area contributed by atoms with Gasteiger partial charge in [-0.2, -0.15) is 0 Å². The second kappa shape index (κ2) is 7.86. The molecule has 0 atom stereocenters. The Morgan fingerprint density at radius 2 is 2.05 bits per heavy atom. The van der Waals surface area contributed by atoms with E-state index in [9.17, 15) is 4.79 Å². The number of urea groups is 1. The van der Waals surface area contributed by atoms with Crippen molar-refractivity contribution in [1.29, 1.82) is 0 Å². The highest BCUT2D eigenvalue weighted by Crippen LogP contribution is 2.17. The fourth-order valence-corrected chi connectivity index (χ4v) is 2.78. The Bertz CT molecular complexity index is 453. The Hall–Kier alpha value is -1.78. The molecule has 0 unspecified atom stereocenters. The molecule has 1 aliphatic carbocycles. The molecule has 1 fully saturated rings. The smallest absolute Gasteiger partial charge is 0.315 e. The summed E-state index contributed by atoms with van der Waals surface area (Å²) in [7, 11) is 0. The summed E-state index contributed by atoms with van der Waals surface area (Å²) in [5.41, 5.74) is 1.08. The number of nitrogens with zero attached hydrogens (tertiary/aromatic N) is 2. The van der Waals surface area contributed by atoms with E-state index >= 15 is 0 Å². The van der Waals surface area contributed by atoms with Crippen molar-refractivity contribution >= 4 is 11.8 Å². The average Bonchev–Trinajstić information content (AvgIpc) is 3.00. The molecule has 0 aromatic carbocycles. The third-order valence-electron chi connectivity index (χ3n) is 4.04. The lowest BCUT2D eigenvalue weighted by atomic mass is 10.2. The first-order valence-electron chi connectivity index (χ1n) is 7.97. The minimum absolute atomic E-state index is 0.0666. The lowest BCUT2D eigenvalue weighted by molar-refractivity contribution is 0.236. The Morgan fingerprint density at radius 3 is 2.71 bits per heavy atom. The summed E-state index contributed by atoms with van der Waals surface area (Å²) in [6.45, 7) is 6.64. The number of nitrogens with one attached hydrogen (secondary N) is 2. The zero-order valence-corrected chi connectivity index (χ0v) is 13.1. The lowest BCUT2D eigenvalue weighted by Crippen LogP contribution is -2.40. The number of hydrogen-bond donors (Lipinski definition) is 2. The summed E-state index contributed by atoms with van der Waals surface area (Å²) in [6.07, 6.45) is 6.47. The molecule has 0 saturated heterocycles. The summed E-state index contributed by atoms with van der Waals surface area (Å²) in [5.74, 6) is 0.968. The van der Waals surface area contributed by atoms with Crippen molar-refractivity contribution in [2.45, 2.75) is 52.1 Å². The minimum Gasteiger partial charge on any atom is -0.357 e. The Morgan fingerprint density at radius 1 is 1.33 bits per heavy atom. The molecule has 0 aliphatic heterocycles. The number of pyridine rings is 1. The van der Waals surface area contributed by atoms with Crippen molar-refractivity contribution in [3.8, 4) is 0 Å². The molecular weight excluding hydrogens is 264 g/mol. The van der Waals surface area contributed by atoms with Crippen molar-refractivity contribution < 1.29 is 4.79 Å². The molecule has 1 aromatic heterocycles. The van der Waals surface area contributed by atoms with Crippen molar-refractivity contribution in [3.63, 3.8) is 0 Å². The van der Waals surface area contributed by atoms with E-state index in [1.54, 1.807) is 6.20 Å². The van der Waals surface area contributed by atoms with Crippen LogP contribution in [0.5, 0.6) is 0 Å². The van der Waals surface area contributed by atoms with E-state index in [4.69, 9.17) is 0 Å². The molecular formula is C16H26N4O. The summed E-state index contributed by atoms with van der Waals surface area (Å²) in [5, 5.41) is 5.96. The number of aromatic nitrogens is 1. The Kier molecular flexibility index (Phi) is 5.84. The van der Waals surface area contributed by atoms with E-state index in [0.717, 1.165) is 37.3 Å². The van der Waals surface area contributed by atoms with Crippen molar-refractivity contribution in [2.75, 3.05) is 18.0 Å². The zero-order chi connectivity index (χ0) is 15.1. The van der Waals surface area contributed by atoms with Gasteiger partial charge in [0.1, 0.15) is 5.82 Å². The standard InChI is InChI=1S/C16H26N4O/c1-3-20(4-2)15-11-13(9-10-17-15)12-18-16(21)19-14-7-5-6-8-14/h9-11,14H,3-8,12H2,1-2H3,(H2,18,19,21). The maximum Gasteiger partial charge on any atom is 0.315 e. The first-order valence-corrected chi connectivity index (χ1v) is 7.97. The van der Waals surface area contributed by atoms with Crippen LogP contribution in [0.2, 0.25) is 0 Å². The molecule has 0 bridgehead atoms. The molecule has 2 rings (SSSR count). The van der Waals surface area contributed by atoms with Crippen LogP contribution in [0.1, 0.15) is 45.1 Å². The van der Waals surface area contributed by atoms with Crippen molar-refractivity contribution in [3.05, 3.63) is 23.9 Å². The maximum absolute atomic E-state index is 11.9. The summed E-state index contributed by atoms with van der Waals surface area (Å²) < 4.78 is 0. The van der Waals surface area contributed by atoms with Crippen molar-refractivity contribution in [2.24, 2.45) is 0 Å². The molecule has 21 heavy (non-hydrogen) atoms. The van der Waals surface area contributed by atoms with Gasteiger partial charge in [0.25, 0.3) is 0 Å². The van der Waals surface area contributed by atoms with Gasteiger partial charge in [-0.1, -0.05) is 12.8 Å². The van der Waals surface area contributed by atoms with Crippen LogP contribution in [0, 0.1) is 0 Å². The van der Waals surface area contributed by atoms with Gasteiger partial charge in [0.15, 0.2) is 0 Å². The number of amides is 2. The van der Waals surface area contributed by atoms with Gasteiger partial charge in [0, 0.05) is 31.9 Å². The first kappa shape index (κ1) is 15.6. The number of carbonyl (C=O) groups is 1. The predicted octanol–water partition coefficient (Wildman–Crippen LogP) is 2.67. The quantitative estimate of drug-likeness (QED) is 0.847. The Labute approximate surface area is 127 Å². The van der Waals surface area contributed by atoms with Crippen LogP contribution in [0.3, 0.4) is 0 Å². The van der Waals surface area contributed by atoms with E-state index in [0.29, 0.717) is 12.6 Å². The monoisotopic (exact) mass is 290 g/mol. The number of anilines is 1. The molecule has 2 N–H and O–H groups in total. The molecule has 5 heteroatoms. The summed E-state index contributed by atoms with van der Waals surface area (Å²) in [4.78, 5) is 18.4. The highest BCUT2D eigenvalue weighted by atomic mass is 16.2. The highest BCUT2D eigenvalue weighted by Gasteiger charge is 2.16. The molecule has 1 aromatic rings. The van der Waals surface area contributed by atoms with Crippen molar-refractivity contribution in [1.82, 2.24) is 15.6 Å². The fraction of sp³-hybridized carbons (Fsp3) is 0.625. The molecule has 1 heterocycles. The summed E-state index contributed by atoms with van der Waals surface area (Å²) >= 11 is 0. The topological polar surface area (TPSA) is 57.3 Å². The van der Waals surface area contributed by atoms with E-state index < -0.39 is 0 Å². The minimum atomic E-state index is -0.0666. The fourth-order valence-electron chi connectivity index (χ4n) is 2.78. The Balaban J connectivity index is 1.84. The molecule has 116 valence electrons. The molecule has 0 radical (unpaired) electrons. The van der Waals surface area contributed by atoms with Gasteiger partial charge in [-0.3, -0.25) is 0 Å². The van der Waals surface area contributed by atoms with Gasteiger partial charge in [-0.15, -0.1) is 0 Å². The van der Waals surface area contributed by atoms with Crippen LogP contribution in [-0.4, -0.2) is 30.1 Å². The van der Waals surface area contributed by atoms with E-state index in [1.807, 2.05) is 12.1 Å². The highest BCUT2D eigenvalue weighted by molar-refractivity contribution is 5.74. The lowest BCUT2D eigenvalue weighted by Gasteiger charge is -2.20. The molecule has 2 amide bonds. The van der Waals surface area contributed by atoms with Crippen LogP contribution in [0.4, 0.5) is 10.6 Å². The van der Waals surface area contributed by atoms with Gasteiger partial charge in [0.05, 0.1) is 0 Å².